The fourth-order valence-corrected chi connectivity index (χ4v) is 6.13. The van der Waals surface area contributed by atoms with Crippen molar-refractivity contribution in [3.8, 4) is 23.7 Å². The number of hydrogen-bond acceptors (Lipinski definition) is 6. The third-order valence-electron chi connectivity index (χ3n) is 8.02. The van der Waals surface area contributed by atoms with Crippen LogP contribution in [0.1, 0.15) is 88.7 Å². The minimum absolute atomic E-state index is 0.0733. The lowest BCUT2D eigenvalue weighted by atomic mass is 9.60. The van der Waals surface area contributed by atoms with Gasteiger partial charge in [0.25, 0.3) is 0 Å². The fraction of sp³-hybridized carbons (Fsp3) is 0.105. The van der Waals surface area contributed by atoms with Crippen LogP contribution in [0.4, 0.5) is 0 Å². The van der Waals surface area contributed by atoms with Gasteiger partial charge >= 0.3 is 11.9 Å². The smallest absolute Gasteiger partial charge is 0.356 e. The van der Waals surface area contributed by atoms with E-state index in [-0.39, 0.29) is 23.2 Å². The van der Waals surface area contributed by atoms with E-state index in [1.807, 2.05) is 0 Å². The van der Waals surface area contributed by atoms with Crippen molar-refractivity contribution in [2.75, 3.05) is 14.2 Å². The lowest BCUT2D eigenvalue weighted by molar-refractivity contribution is 0.0585. The Morgan fingerprint density at radius 3 is 1.27 bits per heavy atom. The van der Waals surface area contributed by atoms with Gasteiger partial charge in [-0.05, 0) is 81.6 Å². The van der Waals surface area contributed by atoms with Crippen molar-refractivity contribution in [1.29, 1.82) is 0 Å². The predicted octanol–water partition coefficient (Wildman–Crippen LogP) is 5.84. The van der Waals surface area contributed by atoms with Crippen LogP contribution in [0.25, 0.3) is 0 Å². The van der Waals surface area contributed by atoms with Crippen LogP contribution >= 0.6 is 0 Å². The topological polar surface area (TPSA) is 78.4 Å². The van der Waals surface area contributed by atoms with Gasteiger partial charge in [-0.1, -0.05) is 72.5 Å². The molecule has 0 atom stereocenters. The van der Waals surface area contributed by atoms with Gasteiger partial charge < -0.3 is 9.47 Å². The maximum atomic E-state index is 12.0. The van der Waals surface area contributed by atoms with Crippen molar-refractivity contribution in [1.82, 2.24) is 9.97 Å². The number of aromatic nitrogens is 2. The van der Waals surface area contributed by atoms with Crippen molar-refractivity contribution in [2.24, 2.45) is 0 Å². The number of nitrogens with zero attached hydrogens (tertiary/aromatic N) is 2. The van der Waals surface area contributed by atoms with E-state index in [9.17, 15) is 9.59 Å². The van der Waals surface area contributed by atoms with Gasteiger partial charge in [0.2, 0.25) is 0 Å². The molecule has 0 unspecified atom stereocenters. The van der Waals surface area contributed by atoms with Crippen LogP contribution in [0.2, 0.25) is 0 Å². The molecule has 5 aromatic rings. The highest BCUT2D eigenvalue weighted by atomic mass is 16.5. The van der Waals surface area contributed by atoms with Crippen molar-refractivity contribution in [3.63, 3.8) is 0 Å². The predicted molar refractivity (Wildman–Crippen MR) is 164 cm³/mol. The monoisotopic (exact) mass is 572 g/mol. The summed E-state index contributed by atoms with van der Waals surface area (Å²) in [6, 6.07) is 31.7. The van der Waals surface area contributed by atoms with Crippen molar-refractivity contribution in [3.05, 3.63) is 164 Å². The highest BCUT2D eigenvalue weighted by Crippen LogP contribution is 2.55. The molecule has 0 spiro atoms. The molecule has 3 aliphatic carbocycles. The second-order valence-electron chi connectivity index (χ2n) is 10.4. The van der Waals surface area contributed by atoms with Gasteiger partial charge in [0.1, 0.15) is 22.8 Å². The number of methoxy groups -OCH3 is 2. The highest BCUT2D eigenvalue weighted by Gasteiger charge is 2.41. The fourth-order valence-electron chi connectivity index (χ4n) is 6.13. The normalized spacial score (nSPS) is 14.9. The van der Waals surface area contributed by atoms with E-state index in [1.54, 1.807) is 36.4 Å². The molecule has 0 fully saturated rings. The molecule has 8 rings (SSSR count). The lowest BCUT2D eigenvalue weighted by Crippen LogP contribution is -2.27. The van der Waals surface area contributed by atoms with Gasteiger partial charge in [-0.15, -0.1) is 0 Å². The number of carbonyl (C=O) groups is 2. The summed E-state index contributed by atoms with van der Waals surface area (Å²) in [7, 11) is 2.64. The molecule has 210 valence electrons. The van der Waals surface area contributed by atoms with E-state index in [0.717, 1.165) is 11.1 Å². The Hall–Kier alpha value is -5.98. The largest absolute Gasteiger partial charge is 0.464 e. The highest BCUT2D eigenvalue weighted by molar-refractivity contribution is 5.87. The summed E-state index contributed by atoms with van der Waals surface area (Å²) in [5.74, 6) is 11.9. The van der Waals surface area contributed by atoms with Crippen LogP contribution in [0, 0.1) is 23.7 Å². The van der Waals surface area contributed by atoms with Crippen LogP contribution in [-0.4, -0.2) is 36.1 Å². The zero-order valence-electron chi connectivity index (χ0n) is 23.9. The number of hydrogen-bond donors (Lipinski definition) is 0. The molecule has 0 N–H and O–H groups in total. The molecule has 44 heavy (non-hydrogen) atoms. The summed E-state index contributed by atoms with van der Waals surface area (Å²) in [5, 5.41) is 0. The van der Waals surface area contributed by atoms with E-state index in [2.05, 4.69) is 94.3 Å². The SMILES string of the molecule is COC(=O)c1cccc(C#Cc2cc3c(cc2C#Cc2cccc(C(=O)OC)n2)C2c4ccccc4C3c3ccccc32)n1. The molecule has 6 nitrogen and oxygen atoms in total. The first kappa shape index (κ1) is 26.9. The molecule has 0 saturated carbocycles. The lowest BCUT2D eigenvalue weighted by Gasteiger charge is -2.42. The molecular weight excluding hydrogens is 548 g/mol. The molecule has 2 heterocycles. The number of rotatable bonds is 2. The van der Waals surface area contributed by atoms with Crippen LogP contribution in [-0.2, 0) is 9.47 Å². The Labute approximate surface area is 254 Å². The summed E-state index contributed by atoms with van der Waals surface area (Å²) in [6.45, 7) is 0. The zero-order chi connectivity index (χ0) is 30.2. The Bertz CT molecular complexity index is 1930. The first-order valence-corrected chi connectivity index (χ1v) is 14.1. The zero-order valence-corrected chi connectivity index (χ0v) is 23.9. The molecule has 3 aliphatic rings. The summed E-state index contributed by atoms with van der Waals surface area (Å²) < 4.78 is 9.65. The molecule has 6 heteroatoms. The van der Waals surface area contributed by atoms with Gasteiger partial charge in [0.15, 0.2) is 0 Å². The Morgan fingerprint density at radius 1 is 0.523 bits per heavy atom. The van der Waals surface area contributed by atoms with E-state index in [1.165, 1.54) is 47.6 Å². The van der Waals surface area contributed by atoms with Crippen LogP contribution in [0.3, 0.4) is 0 Å². The number of pyridine rings is 2. The van der Waals surface area contributed by atoms with Gasteiger partial charge in [0.05, 0.1) is 14.2 Å². The molecule has 0 aliphatic heterocycles. The minimum atomic E-state index is -0.524. The van der Waals surface area contributed by atoms with Gasteiger partial charge in [-0.2, -0.15) is 0 Å². The molecule has 3 aromatic carbocycles. The average Bonchev–Trinajstić information content (AvgIpc) is 3.08. The van der Waals surface area contributed by atoms with E-state index >= 15 is 0 Å². The number of benzene rings is 3. The molecule has 0 saturated heterocycles. The summed E-state index contributed by atoms with van der Waals surface area (Å²) in [6.07, 6.45) is 0. The average molecular weight is 573 g/mol. The first-order chi connectivity index (χ1) is 21.6. The van der Waals surface area contributed by atoms with E-state index in [0.29, 0.717) is 11.4 Å². The summed E-state index contributed by atoms with van der Waals surface area (Å²) >= 11 is 0. The quantitative estimate of drug-likeness (QED) is 0.192. The van der Waals surface area contributed by atoms with E-state index < -0.39 is 11.9 Å². The van der Waals surface area contributed by atoms with Crippen molar-refractivity contribution < 1.29 is 19.1 Å². The van der Waals surface area contributed by atoms with Gasteiger partial charge in [-0.3, -0.25) is 0 Å². The Kier molecular flexibility index (Phi) is 6.73. The Balaban J connectivity index is 1.40. The standard InChI is InChI=1S/C38H24N2O4/c1-43-37(41)33-15-7-9-25(39-33)19-17-23-21-31-32(22-24(23)18-20-26-10-8-16-34(40-26)38(42)44-2)36-29-13-5-3-11-27(29)35(31)28-12-4-6-14-30(28)36/h3-16,21-22,35-36H,1-2H3. The maximum Gasteiger partial charge on any atom is 0.356 e. The summed E-state index contributed by atoms with van der Waals surface area (Å²) in [5.41, 5.74) is 10.3. The third-order valence-corrected chi connectivity index (χ3v) is 8.02. The molecule has 0 radical (unpaired) electrons. The minimum Gasteiger partial charge on any atom is -0.464 e. The Morgan fingerprint density at radius 2 is 0.909 bits per heavy atom. The van der Waals surface area contributed by atoms with Crippen LogP contribution in [0.15, 0.2) is 97.1 Å². The first-order valence-electron chi connectivity index (χ1n) is 14.1. The van der Waals surface area contributed by atoms with Crippen molar-refractivity contribution in [2.45, 2.75) is 11.8 Å². The molecule has 0 amide bonds. The van der Waals surface area contributed by atoms with E-state index in [4.69, 9.17) is 9.47 Å². The molecular formula is C38H24N2O4. The molecule has 2 aromatic heterocycles. The maximum absolute atomic E-state index is 12.0. The van der Waals surface area contributed by atoms with Gasteiger partial charge in [0, 0.05) is 23.0 Å². The number of carbonyl (C=O) groups excluding carboxylic acids is 2. The van der Waals surface area contributed by atoms with Crippen LogP contribution in [0.5, 0.6) is 0 Å². The van der Waals surface area contributed by atoms with Gasteiger partial charge in [-0.25, -0.2) is 19.6 Å². The second-order valence-corrected chi connectivity index (χ2v) is 10.4. The molecule has 2 bridgehead atoms. The summed E-state index contributed by atoms with van der Waals surface area (Å²) in [4.78, 5) is 32.8. The third kappa shape index (κ3) is 4.60. The van der Waals surface area contributed by atoms with Crippen molar-refractivity contribution >= 4 is 11.9 Å². The van der Waals surface area contributed by atoms with Crippen LogP contribution < -0.4 is 0 Å². The number of ether oxygens (including phenoxy) is 2. The second kappa shape index (κ2) is 11.0. The number of esters is 2.